The predicted octanol–water partition coefficient (Wildman–Crippen LogP) is 2.70. The molecule has 164 valence electrons. The van der Waals surface area contributed by atoms with Crippen molar-refractivity contribution in [2.24, 2.45) is 0 Å². The molecule has 0 atom stereocenters. The van der Waals surface area contributed by atoms with Gasteiger partial charge in [-0.25, -0.2) is 9.18 Å². The number of nitrogens with one attached hydrogen (secondary N) is 2. The van der Waals surface area contributed by atoms with Gasteiger partial charge in [-0.3, -0.25) is 9.59 Å². The highest BCUT2D eigenvalue weighted by molar-refractivity contribution is 5.94. The summed E-state index contributed by atoms with van der Waals surface area (Å²) >= 11 is 0. The van der Waals surface area contributed by atoms with Gasteiger partial charge in [0.05, 0.1) is 5.69 Å². The molecule has 8 heteroatoms. The third kappa shape index (κ3) is 5.93. The largest absolute Gasteiger partial charge is 0.366 e. The monoisotopic (exact) mass is 418 g/mol. The second-order valence-corrected chi connectivity index (χ2v) is 8.08. The highest BCUT2D eigenvalue weighted by Crippen LogP contribution is 2.22. The van der Waals surface area contributed by atoms with Gasteiger partial charge < -0.3 is 20.4 Å². The molecule has 1 heterocycles. The van der Waals surface area contributed by atoms with Crippen molar-refractivity contribution in [2.45, 2.75) is 51.5 Å². The minimum absolute atomic E-state index is 0.0139. The van der Waals surface area contributed by atoms with E-state index < -0.39 is 5.82 Å². The standard InChI is InChI=1S/C22H31FN4O3/c1-16(28)17-7-8-20(19(23)15-17)26-11-13-27(14-12-26)21(29)9-10-24-22(30)25-18-5-3-2-4-6-18/h7-8,15,18H,2-6,9-14H2,1H3,(H2,24,25,30). The lowest BCUT2D eigenvalue weighted by Crippen LogP contribution is -2.50. The summed E-state index contributed by atoms with van der Waals surface area (Å²) in [7, 11) is 0. The average molecular weight is 419 g/mol. The van der Waals surface area contributed by atoms with E-state index in [4.69, 9.17) is 0 Å². The number of carbonyl (C=O) groups excluding carboxylic acids is 3. The van der Waals surface area contributed by atoms with Gasteiger partial charge in [-0.05, 0) is 38.0 Å². The second-order valence-electron chi connectivity index (χ2n) is 8.08. The van der Waals surface area contributed by atoms with Gasteiger partial charge >= 0.3 is 6.03 Å². The number of Topliss-reactive ketones (excluding diaryl/α,β-unsaturated/α-hetero) is 1. The van der Waals surface area contributed by atoms with Gasteiger partial charge in [-0.2, -0.15) is 0 Å². The van der Waals surface area contributed by atoms with Crippen molar-refractivity contribution >= 4 is 23.4 Å². The molecular weight excluding hydrogens is 387 g/mol. The van der Waals surface area contributed by atoms with Crippen LogP contribution in [0.1, 0.15) is 55.8 Å². The molecule has 3 amide bonds. The smallest absolute Gasteiger partial charge is 0.315 e. The topological polar surface area (TPSA) is 81.8 Å². The molecule has 0 spiro atoms. The maximum absolute atomic E-state index is 14.3. The first-order valence-electron chi connectivity index (χ1n) is 10.8. The zero-order chi connectivity index (χ0) is 21.5. The molecule has 0 radical (unpaired) electrons. The Bertz CT molecular complexity index is 772. The normalized spacial score (nSPS) is 17.5. The fourth-order valence-electron chi connectivity index (χ4n) is 4.10. The molecular formula is C22H31FN4O3. The number of hydrogen-bond donors (Lipinski definition) is 2. The maximum Gasteiger partial charge on any atom is 0.315 e. The molecule has 1 saturated carbocycles. The van der Waals surface area contributed by atoms with Gasteiger partial charge in [0, 0.05) is 50.7 Å². The van der Waals surface area contributed by atoms with Gasteiger partial charge in [-0.15, -0.1) is 0 Å². The maximum atomic E-state index is 14.3. The minimum atomic E-state index is -0.421. The van der Waals surface area contributed by atoms with Gasteiger partial charge in [0.15, 0.2) is 5.78 Å². The minimum Gasteiger partial charge on any atom is -0.366 e. The van der Waals surface area contributed by atoms with Crippen LogP contribution in [0.15, 0.2) is 18.2 Å². The molecule has 1 aromatic carbocycles. The van der Waals surface area contributed by atoms with Gasteiger partial charge in [0.2, 0.25) is 5.91 Å². The summed E-state index contributed by atoms with van der Waals surface area (Å²) in [6.07, 6.45) is 5.83. The number of benzene rings is 1. The van der Waals surface area contributed by atoms with Crippen molar-refractivity contribution in [3.63, 3.8) is 0 Å². The molecule has 1 aromatic rings. The van der Waals surface area contributed by atoms with Gasteiger partial charge in [-0.1, -0.05) is 19.3 Å². The number of urea groups is 1. The average Bonchev–Trinajstić information content (AvgIpc) is 2.74. The molecule has 1 aliphatic carbocycles. The van der Waals surface area contributed by atoms with Gasteiger partial charge in [0.25, 0.3) is 0 Å². The van der Waals surface area contributed by atoms with Crippen molar-refractivity contribution in [2.75, 3.05) is 37.6 Å². The van der Waals surface area contributed by atoms with E-state index in [-0.39, 0.29) is 30.2 Å². The molecule has 30 heavy (non-hydrogen) atoms. The highest BCUT2D eigenvalue weighted by Gasteiger charge is 2.23. The molecule has 0 unspecified atom stereocenters. The van der Waals surface area contributed by atoms with Crippen molar-refractivity contribution in [1.82, 2.24) is 15.5 Å². The molecule has 2 fully saturated rings. The number of rotatable bonds is 6. The molecule has 2 N–H and O–H groups in total. The lowest BCUT2D eigenvalue weighted by molar-refractivity contribution is -0.131. The number of nitrogens with zero attached hydrogens (tertiary/aromatic N) is 2. The summed E-state index contributed by atoms with van der Waals surface area (Å²) in [5.74, 6) is -0.604. The Labute approximate surface area is 177 Å². The zero-order valence-electron chi connectivity index (χ0n) is 17.6. The number of piperazine rings is 1. The van der Waals surface area contributed by atoms with E-state index in [0.29, 0.717) is 44.0 Å². The molecule has 0 bridgehead atoms. The van der Waals surface area contributed by atoms with E-state index in [1.165, 1.54) is 19.4 Å². The molecule has 1 aliphatic heterocycles. The first-order valence-corrected chi connectivity index (χ1v) is 10.8. The highest BCUT2D eigenvalue weighted by atomic mass is 19.1. The number of carbonyl (C=O) groups is 3. The number of amides is 3. The summed E-state index contributed by atoms with van der Waals surface area (Å²) in [5, 5.41) is 5.75. The third-order valence-corrected chi connectivity index (χ3v) is 5.89. The van der Waals surface area contributed by atoms with Crippen LogP contribution in [-0.4, -0.2) is 61.4 Å². The Kier molecular flexibility index (Phi) is 7.65. The SMILES string of the molecule is CC(=O)c1ccc(N2CCN(C(=O)CCNC(=O)NC3CCCCC3)CC2)c(F)c1. The van der Waals surface area contributed by atoms with Crippen molar-refractivity contribution in [1.29, 1.82) is 0 Å². The molecule has 0 aromatic heterocycles. The number of anilines is 1. The molecule has 1 saturated heterocycles. The number of hydrogen-bond acceptors (Lipinski definition) is 4. The number of halogens is 1. The lowest BCUT2D eigenvalue weighted by Gasteiger charge is -2.36. The third-order valence-electron chi connectivity index (χ3n) is 5.89. The Morgan fingerprint density at radius 2 is 1.77 bits per heavy atom. The van der Waals surface area contributed by atoms with Crippen LogP contribution in [0.3, 0.4) is 0 Å². The summed E-state index contributed by atoms with van der Waals surface area (Å²) in [4.78, 5) is 39.4. The Hall–Kier alpha value is -2.64. The first kappa shape index (κ1) is 22.1. The van der Waals surface area contributed by atoms with E-state index in [9.17, 15) is 18.8 Å². The zero-order valence-corrected chi connectivity index (χ0v) is 17.6. The molecule has 2 aliphatic rings. The van der Waals surface area contributed by atoms with Crippen LogP contribution in [0, 0.1) is 5.82 Å². The summed E-state index contributed by atoms with van der Waals surface area (Å²) < 4.78 is 14.3. The van der Waals surface area contributed by atoms with Crippen LogP contribution in [0.4, 0.5) is 14.9 Å². The van der Waals surface area contributed by atoms with Crippen LogP contribution in [0.5, 0.6) is 0 Å². The van der Waals surface area contributed by atoms with E-state index in [2.05, 4.69) is 10.6 Å². The van der Waals surface area contributed by atoms with Crippen molar-refractivity contribution in [3.05, 3.63) is 29.6 Å². The molecule has 3 rings (SSSR count). The van der Waals surface area contributed by atoms with Crippen molar-refractivity contribution in [3.8, 4) is 0 Å². The van der Waals surface area contributed by atoms with E-state index in [1.807, 2.05) is 4.90 Å². The first-order chi connectivity index (χ1) is 14.4. The van der Waals surface area contributed by atoms with E-state index in [0.717, 1.165) is 25.7 Å². The molecule has 7 nitrogen and oxygen atoms in total. The summed E-state index contributed by atoms with van der Waals surface area (Å²) in [5.41, 5.74) is 0.804. The van der Waals surface area contributed by atoms with Gasteiger partial charge in [0.1, 0.15) is 5.82 Å². The van der Waals surface area contributed by atoms with Crippen LogP contribution in [0.2, 0.25) is 0 Å². The van der Waals surface area contributed by atoms with Crippen LogP contribution < -0.4 is 15.5 Å². The fraction of sp³-hybridized carbons (Fsp3) is 0.591. The Morgan fingerprint density at radius 1 is 1.07 bits per heavy atom. The van der Waals surface area contributed by atoms with Crippen LogP contribution >= 0.6 is 0 Å². The predicted molar refractivity (Wildman–Crippen MR) is 113 cm³/mol. The van der Waals surface area contributed by atoms with E-state index in [1.54, 1.807) is 17.0 Å². The Morgan fingerprint density at radius 3 is 2.40 bits per heavy atom. The quantitative estimate of drug-likeness (QED) is 0.696. The lowest BCUT2D eigenvalue weighted by atomic mass is 9.96. The fourth-order valence-corrected chi connectivity index (χ4v) is 4.10. The Balaban J connectivity index is 1.38. The van der Waals surface area contributed by atoms with Crippen molar-refractivity contribution < 1.29 is 18.8 Å². The summed E-state index contributed by atoms with van der Waals surface area (Å²) in [6, 6.07) is 4.55. The van der Waals surface area contributed by atoms with Crippen LogP contribution in [0.25, 0.3) is 0 Å². The number of ketones is 1. The van der Waals surface area contributed by atoms with Crippen LogP contribution in [-0.2, 0) is 4.79 Å². The summed E-state index contributed by atoms with van der Waals surface area (Å²) in [6.45, 7) is 3.77. The van der Waals surface area contributed by atoms with E-state index >= 15 is 0 Å². The second kappa shape index (κ2) is 10.4.